The molecule has 9 aromatic rings. The number of rotatable bonds is 16. The summed E-state index contributed by atoms with van der Waals surface area (Å²) in [6, 6.07) is 23.5. The number of alkyl halides is 9. The largest absolute Gasteiger partial charge is 0.574 e. The van der Waals surface area contributed by atoms with Crippen LogP contribution in [0.2, 0.25) is 0 Å². The Kier molecular flexibility index (Phi) is 25.1. The predicted molar refractivity (Wildman–Crippen MR) is 324 cm³/mol. The van der Waals surface area contributed by atoms with Gasteiger partial charge in [-0.2, -0.15) is 0 Å². The number of carbonyl (C=O) groups excluding carboxylic acids is 6. The van der Waals surface area contributed by atoms with Crippen molar-refractivity contribution < 1.29 is 123 Å². The van der Waals surface area contributed by atoms with E-state index >= 15 is 0 Å². The summed E-state index contributed by atoms with van der Waals surface area (Å²) in [4.78, 5) is 81.5. The van der Waals surface area contributed by atoms with Crippen LogP contribution in [0.5, 0.6) is 46.4 Å². The zero-order valence-electron chi connectivity index (χ0n) is 50.4. The molecule has 0 aliphatic rings. The van der Waals surface area contributed by atoms with Crippen LogP contribution < -0.4 is 56.8 Å². The molecule has 0 fully saturated rings. The summed E-state index contributed by atoms with van der Waals surface area (Å²) in [5, 5.41) is 15.7. The van der Waals surface area contributed by atoms with Crippen molar-refractivity contribution in [3.8, 4) is 46.4 Å². The minimum atomic E-state index is -4.94. The highest BCUT2D eigenvalue weighted by Gasteiger charge is 2.34. The highest BCUT2D eigenvalue weighted by atomic mass is 79.9. The van der Waals surface area contributed by atoms with Crippen LogP contribution in [0.1, 0.15) is 78.8 Å². The lowest BCUT2D eigenvalue weighted by atomic mass is 10.1. The van der Waals surface area contributed by atoms with Gasteiger partial charge in [-0.1, -0.05) is 18.2 Å². The van der Waals surface area contributed by atoms with Crippen molar-refractivity contribution in [2.45, 2.75) is 39.9 Å². The summed E-state index contributed by atoms with van der Waals surface area (Å²) in [6.45, 7) is 4.31. The SMILES string of the molecule is Cc1ccc(Br)c(C(=O)Nc2ccc(F)c(C(N)=O)c2)c1F.Cc1ccc(Oc2ccc(OC(F)(F)F)nc2)c(C(=O)Nc2ccc(F)c(C(N)=O)c2)c1F.Cc1ccc(Oc2ccc(OC(F)(F)F)nc2)c(C(=O)Nc2ccc(F)c(C(N)=O)c2)c1F.Oc1ccc(OC(F)(F)F)nc1. The summed E-state index contributed by atoms with van der Waals surface area (Å²) in [6.07, 6.45) is -12.0. The molecule has 3 heterocycles. The molecule has 37 heteroatoms. The lowest BCUT2D eigenvalue weighted by Gasteiger charge is -2.14. The Balaban J connectivity index is 0.000000221. The number of pyridine rings is 3. The molecule has 0 atom stereocenters. The zero-order valence-corrected chi connectivity index (χ0v) is 52.0. The molecule has 0 radical (unpaired) electrons. The number of hydrogen-bond donors (Lipinski definition) is 7. The van der Waals surface area contributed by atoms with Gasteiger partial charge in [-0.15, -0.1) is 39.5 Å². The van der Waals surface area contributed by atoms with E-state index in [0.717, 1.165) is 104 Å². The van der Waals surface area contributed by atoms with Gasteiger partial charge in [-0.3, -0.25) is 28.8 Å². The third kappa shape index (κ3) is 22.2. The van der Waals surface area contributed by atoms with Crippen molar-refractivity contribution in [1.29, 1.82) is 0 Å². The monoisotopic (exact) mass is 1480 g/mol. The van der Waals surface area contributed by atoms with E-state index in [0.29, 0.717) is 5.56 Å². The molecule has 524 valence electrons. The normalized spacial score (nSPS) is 10.9. The number of benzene rings is 6. The van der Waals surface area contributed by atoms with E-state index in [1.54, 1.807) is 6.07 Å². The number of nitrogens with two attached hydrogens (primary N) is 3. The number of hydrogen-bond acceptors (Lipinski definition) is 15. The number of carbonyl (C=O) groups is 6. The highest BCUT2D eigenvalue weighted by molar-refractivity contribution is 9.10. The van der Waals surface area contributed by atoms with E-state index < -0.39 is 129 Å². The fraction of sp³-hybridized carbons (Fsp3) is 0.0952. The molecule has 0 saturated heterocycles. The lowest BCUT2D eigenvalue weighted by Crippen LogP contribution is -2.18. The van der Waals surface area contributed by atoms with E-state index in [1.165, 1.54) is 57.2 Å². The second-order valence-electron chi connectivity index (χ2n) is 19.6. The molecule has 6 amide bonds. The van der Waals surface area contributed by atoms with Gasteiger partial charge in [0.25, 0.3) is 35.4 Å². The van der Waals surface area contributed by atoms with Crippen LogP contribution in [0.4, 0.5) is 82.9 Å². The summed E-state index contributed by atoms with van der Waals surface area (Å²) in [7, 11) is 0. The van der Waals surface area contributed by atoms with Gasteiger partial charge in [0.1, 0.15) is 74.8 Å². The molecule has 21 nitrogen and oxygen atoms in total. The molecule has 9 rings (SSSR count). The second-order valence-corrected chi connectivity index (χ2v) is 20.5. The molecular weight excluding hydrogens is 1440 g/mol. The standard InChI is InChI=1S/2C21H14F5N3O4.C15H11BrF2N2O2.C6H4F3NO2/c2*1-10-2-6-15(32-12-4-7-16(28-9-12)33-21(24,25)26)17(18(10)23)20(31)29-11-3-5-14(22)13(8-11)19(27)30;1-7-2-4-10(16)12(13(7)18)15(22)20-8-3-5-11(17)9(6-8)14(19)21;7-6(8,9)12-5-2-1-4(11)3-10-5/h2*2-9H,1H3,(H2,27,30)(H,29,31);2-6H,1H3,(H2,19,21)(H,20,22);1-3,11H. The lowest BCUT2D eigenvalue weighted by molar-refractivity contribution is -0.277. The quantitative estimate of drug-likeness (QED) is 0.0442. The fourth-order valence-corrected chi connectivity index (χ4v) is 8.24. The van der Waals surface area contributed by atoms with Gasteiger partial charge in [0.2, 0.25) is 17.6 Å². The molecule has 3 aromatic heterocycles. The summed E-state index contributed by atoms with van der Waals surface area (Å²) < 4.78 is 214. The Morgan fingerprint density at radius 3 is 1.00 bits per heavy atom. The van der Waals surface area contributed by atoms with Crippen LogP contribution >= 0.6 is 15.9 Å². The fourth-order valence-electron chi connectivity index (χ4n) is 7.76. The Hall–Kier alpha value is -12.2. The molecule has 0 saturated carbocycles. The first-order valence-electron chi connectivity index (χ1n) is 27.1. The minimum Gasteiger partial charge on any atom is -0.506 e. The molecule has 0 aliphatic heterocycles. The van der Waals surface area contributed by atoms with Crippen LogP contribution in [-0.2, 0) is 0 Å². The number of aromatic nitrogens is 3. The van der Waals surface area contributed by atoms with Crippen LogP contribution in [0.25, 0.3) is 0 Å². The maximum atomic E-state index is 14.8. The van der Waals surface area contributed by atoms with E-state index in [4.69, 9.17) is 31.8 Å². The van der Waals surface area contributed by atoms with Crippen LogP contribution in [0.15, 0.2) is 150 Å². The topological polar surface area (TPSA) is 322 Å². The van der Waals surface area contributed by atoms with Crippen molar-refractivity contribution in [3.05, 3.63) is 235 Å². The molecule has 0 spiro atoms. The van der Waals surface area contributed by atoms with Crippen LogP contribution in [0.3, 0.4) is 0 Å². The third-order valence-electron chi connectivity index (χ3n) is 12.3. The Morgan fingerprint density at radius 1 is 0.410 bits per heavy atom. The van der Waals surface area contributed by atoms with Gasteiger partial charge in [0, 0.05) is 39.7 Å². The molecule has 0 unspecified atom stereocenters. The van der Waals surface area contributed by atoms with Gasteiger partial charge in [0.15, 0.2) is 0 Å². The van der Waals surface area contributed by atoms with Gasteiger partial charge in [-0.05, 0) is 144 Å². The molecule has 0 aliphatic carbocycles. The number of aryl methyl sites for hydroxylation is 3. The van der Waals surface area contributed by atoms with Crippen molar-refractivity contribution in [1.82, 2.24) is 15.0 Å². The van der Waals surface area contributed by atoms with Gasteiger partial charge < -0.3 is 61.9 Å². The number of anilines is 3. The first-order valence-corrected chi connectivity index (χ1v) is 27.9. The molecule has 0 bridgehead atoms. The molecule has 100 heavy (non-hydrogen) atoms. The number of primary amides is 3. The van der Waals surface area contributed by atoms with Crippen molar-refractivity contribution in [2.75, 3.05) is 16.0 Å². The van der Waals surface area contributed by atoms with Gasteiger partial charge in [0.05, 0.1) is 40.8 Å². The Labute approximate surface area is 559 Å². The first-order chi connectivity index (χ1) is 46.7. The molecule has 10 N–H and O–H groups in total. The van der Waals surface area contributed by atoms with Gasteiger partial charge >= 0.3 is 19.1 Å². The summed E-state index contributed by atoms with van der Waals surface area (Å²) in [5.74, 6) is -14.1. The van der Waals surface area contributed by atoms with E-state index in [-0.39, 0.29) is 72.5 Å². The van der Waals surface area contributed by atoms with Crippen molar-refractivity contribution >= 4 is 68.4 Å². The average molecular weight is 1480 g/mol. The number of nitrogens with one attached hydrogen (secondary N) is 3. The smallest absolute Gasteiger partial charge is 0.506 e. The highest BCUT2D eigenvalue weighted by Crippen LogP contribution is 2.34. The van der Waals surface area contributed by atoms with Crippen LogP contribution in [-0.4, -0.2) is 74.6 Å². The average Bonchev–Trinajstić information content (AvgIpc) is 0.811. The number of nitrogens with zero attached hydrogens (tertiary/aromatic N) is 3. The van der Waals surface area contributed by atoms with Crippen molar-refractivity contribution in [3.63, 3.8) is 0 Å². The number of aromatic hydroxyl groups is 1. The van der Waals surface area contributed by atoms with E-state index in [9.17, 15) is 94.6 Å². The number of halogens is 16. The first kappa shape index (κ1) is 76.8. The summed E-state index contributed by atoms with van der Waals surface area (Å²) >= 11 is 3.11. The van der Waals surface area contributed by atoms with Crippen LogP contribution in [0, 0.1) is 55.7 Å². The van der Waals surface area contributed by atoms with E-state index in [1.807, 2.05) is 0 Å². The van der Waals surface area contributed by atoms with E-state index in [2.05, 4.69) is 61.0 Å². The van der Waals surface area contributed by atoms with Crippen molar-refractivity contribution in [2.24, 2.45) is 17.2 Å². The zero-order chi connectivity index (χ0) is 74.3. The summed E-state index contributed by atoms with van der Waals surface area (Å²) in [5.41, 5.74) is 13.1. The number of ether oxygens (including phenoxy) is 5. The maximum Gasteiger partial charge on any atom is 0.574 e. The Bertz CT molecular complexity index is 4350. The van der Waals surface area contributed by atoms with Gasteiger partial charge in [-0.25, -0.2) is 41.3 Å². The predicted octanol–water partition coefficient (Wildman–Crippen LogP) is 14.5. The Morgan fingerprint density at radius 2 is 0.710 bits per heavy atom. The third-order valence-corrected chi connectivity index (χ3v) is 12.9. The number of amides is 6. The minimum absolute atomic E-state index is 0.0441. The maximum absolute atomic E-state index is 14.8. The second kappa shape index (κ2) is 32.7. The molecular formula is C63H43BrF15N9O12. The molecule has 6 aromatic carbocycles.